The first-order chi connectivity index (χ1) is 17.7. The fraction of sp³-hybridized carbons (Fsp3) is 0.385. The lowest BCUT2D eigenvalue weighted by Crippen LogP contribution is -2.49. The first-order valence-corrected chi connectivity index (χ1v) is 13.6. The van der Waals surface area contributed by atoms with Crippen LogP contribution in [0, 0.1) is 13.8 Å². The molecular weight excluding hydrogens is 494 g/mol. The van der Waals surface area contributed by atoms with E-state index in [1.165, 1.54) is 40.5 Å². The van der Waals surface area contributed by atoms with Crippen LogP contribution in [0.4, 0.5) is 11.4 Å². The van der Waals surface area contributed by atoms with Crippen molar-refractivity contribution in [3.63, 3.8) is 0 Å². The number of amides is 1. The Kier molecular flexibility index (Phi) is 7.74. The molecule has 2 heterocycles. The highest BCUT2D eigenvalue weighted by atomic mass is 32.2. The van der Waals surface area contributed by atoms with Crippen molar-refractivity contribution < 1.29 is 22.7 Å². The molecule has 198 valence electrons. The molecule has 1 amide bonds. The predicted octanol–water partition coefficient (Wildman–Crippen LogP) is 3.30. The zero-order valence-electron chi connectivity index (χ0n) is 21.8. The van der Waals surface area contributed by atoms with Crippen molar-refractivity contribution in [2.75, 3.05) is 50.6 Å². The Morgan fingerprint density at radius 2 is 1.73 bits per heavy atom. The molecule has 10 nitrogen and oxygen atoms in total. The van der Waals surface area contributed by atoms with Crippen molar-refractivity contribution in [3.05, 3.63) is 59.3 Å². The molecule has 2 aromatic carbocycles. The van der Waals surface area contributed by atoms with Crippen LogP contribution in [0.1, 0.15) is 28.4 Å². The Balaban J connectivity index is 1.56. The Morgan fingerprint density at radius 3 is 2.38 bits per heavy atom. The van der Waals surface area contributed by atoms with Gasteiger partial charge in [-0.3, -0.25) is 9.48 Å². The molecule has 0 saturated carbocycles. The summed E-state index contributed by atoms with van der Waals surface area (Å²) in [5, 5.41) is 6.79. The number of aromatic nitrogens is 2. The number of nitrogens with one attached hydrogen (secondary N) is 1. The van der Waals surface area contributed by atoms with Gasteiger partial charge >= 0.3 is 0 Å². The second kappa shape index (κ2) is 10.8. The number of aryl methyl sites for hydroxylation is 2. The molecule has 1 N–H and O–H groups in total. The summed E-state index contributed by atoms with van der Waals surface area (Å²) < 4.78 is 40.7. The number of anilines is 2. The summed E-state index contributed by atoms with van der Waals surface area (Å²) in [6.45, 7) is 8.09. The maximum atomic E-state index is 13.7. The molecule has 0 bridgehead atoms. The molecule has 0 spiro atoms. The van der Waals surface area contributed by atoms with Gasteiger partial charge in [0, 0.05) is 56.4 Å². The Labute approximate surface area is 217 Å². The van der Waals surface area contributed by atoms with Crippen LogP contribution in [-0.2, 0) is 16.6 Å². The van der Waals surface area contributed by atoms with E-state index in [0.717, 1.165) is 5.69 Å². The standard InChI is InChI=1S/C26H33N5O5S/c1-6-30-17-21(25(32)27-20-10-11-23(35-4)24(16-20)36-5)26(28-30)37(33,34)31-14-12-29(13-15-31)22-9-7-8-18(2)19(22)3/h7-11,16-17H,6,12-15H2,1-5H3,(H,27,32). The molecule has 4 rings (SSSR count). The van der Waals surface area contributed by atoms with Gasteiger partial charge in [0.05, 0.1) is 19.8 Å². The smallest absolute Gasteiger partial charge is 0.263 e. The van der Waals surface area contributed by atoms with E-state index in [4.69, 9.17) is 9.47 Å². The normalized spacial score (nSPS) is 14.5. The number of hydrogen-bond donors (Lipinski definition) is 1. The number of carbonyl (C=O) groups is 1. The van der Waals surface area contributed by atoms with Crippen LogP contribution in [-0.4, -0.2) is 68.8 Å². The van der Waals surface area contributed by atoms with Gasteiger partial charge in [0.25, 0.3) is 15.9 Å². The van der Waals surface area contributed by atoms with Crippen LogP contribution < -0.4 is 19.7 Å². The van der Waals surface area contributed by atoms with Gasteiger partial charge in [0.15, 0.2) is 11.5 Å². The number of piperazine rings is 1. The number of nitrogens with zero attached hydrogens (tertiary/aromatic N) is 4. The summed E-state index contributed by atoms with van der Waals surface area (Å²) in [5.41, 5.74) is 3.94. The van der Waals surface area contributed by atoms with E-state index in [9.17, 15) is 13.2 Å². The van der Waals surface area contributed by atoms with E-state index >= 15 is 0 Å². The highest BCUT2D eigenvalue weighted by Gasteiger charge is 2.35. The second-order valence-electron chi connectivity index (χ2n) is 8.84. The molecule has 0 unspecified atom stereocenters. The summed E-state index contributed by atoms with van der Waals surface area (Å²) >= 11 is 0. The van der Waals surface area contributed by atoms with E-state index in [0.29, 0.717) is 49.9 Å². The lowest BCUT2D eigenvalue weighted by Gasteiger charge is -2.36. The van der Waals surface area contributed by atoms with Gasteiger partial charge in [-0.15, -0.1) is 0 Å². The van der Waals surface area contributed by atoms with Gasteiger partial charge in [0.1, 0.15) is 0 Å². The van der Waals surface area contributed by atoms with Crippen LogP contribution >= 0.6 is 0 Å². The Morgan fingerprint density at radius 1 is 1.03 bits per heavy atom. The highest BCUT2D eigenvalue weighted by Crippen LogP contribution is 2.31. The van der Waals surface area contributed by atoms with Crippen LogP contribution in [0.3, 0.4) is 0 Å². The molecule has 0 atom stereocenters. The van der Waals surface area contributed by atoms with E-state index in [1.54, 1.807) is 18.2 Å². The highest BCUT2D eigenvalue weighted by molar-refractivity contribution is 7.89. The first-order valence-electron chi connectivity index (χ1n) is 12.1. The maximum absolute atomic E-state index is 13.7. The molecule has 1 fully saturated rings. The average molecular weight is 528 g/mol. The van der Waals surface area contributed by atoms with Crippen LogP contribution in [0.2, 0.25) is 0 Å². The largest absolute Gasteiger partial charge is 0.493 e. The topological polar surface area (TPSA) is 106 Å². The third-order valence-electron chi connectivity index (χ3n) is 6.68. The Bertz CT molecular complexity index is 1390. The van der Waals surface area contributed by atoms with Crippen LogP contribution in [0.5, 0.6) is 11.5 Å². The summed E-state index contributed by atoms with van der Waals surface area (Å²) in [4.78, 5) is 15.4. The molecule has 0 radical (unpaired) electrons. The third kappa shape index (κ3) is 5.28. The van der Waals surface area contributed by atoms with Crippen molar-refractivity contribution in [1.29, 1.82) is 0 Å². The lowest BCUT2D eigenvalue weighted by molar-refractivity contribution is 0.102. The molecule has 0 aliphatic carbocycles. The monoisotopic (exact) mass is 527 g/mol. The van der Waals surface area contributed by atoms with E-state index in [2.05, 4.69) is 41.3 Å². The minimum absolute atomic E-state index is 0.00593. The molecule has 37 heavy (non-hydrogen) atoms. The van der Waals surface area contributed by atoms with Crippen LogP contribution in [0.15, 0.2) is 47.6 Å². The maximum Gasteiger partial charge on any atom is 0.263 e. The first kappa shape index (κ1) is 26.5. The molecule has 11 heteroatoms. The van der Waals surface area contributed by atoms with Crippen molar-refractivity contribution in [3.8, 4) is 11.5 Å². The van der Waals surface area contributed by atoms with Crippen molar-refractivity contribution >= 4 is 27.3 Å². The van der Waals surface area contributed by atoms with Gasteiger partial charge in [-0.05, 0) is 50.1 Å². The minimum Gasteiger partial charge on any atom is -0.493 e. The van der Waals surface area contributed by atoms with E-state index in [1.807, 2.05) is 13.0 Å². The number of sulfonamides is 1. The number of rotatable bonds is 8. The predicted molar refractivity (Wildman–Crippen MR) is 142 cm³/mol. The number of ether oxygens (including phenoxy) is 2. The summed E-state index contributed by atoms with van der Waals surface area (Å²) in [6.07, 6.45) is 1.47. The molecule has 1 saturated heterocycles. The lowest BCUT2D eigenvalue weighted by atomic mass is 10.1. The zero-order chi connectivity index (χ0) is 26.7. The van der Waals surface area contributed by atoms with Crippen molar-refractivity contribution in [1.82, 2.24) is 14.1 Å². The average Bonchev–Trinajstić information content (AvgIpc) is 3.36. The van der Waals surface area contributed by atoms with Gasteiger partial charge in [0.2, 0.25) is 5.03 Å². The molecule has 3 aromatic rings. The van der Waals surface area contributed by atoms with E-state index in [-0.39, 0.29) is 10.6 Å². The Hall–Kier alpha value is -3.57. The molecule has 1 aliphatic rings. The van der Waals surface area contributed by atoms with Gasteiger partial charge in [-0.2, -0.15) is 9.40 Å². The number of benzene rings is 2. The quantitative estimate of drug-likeness (QED) is 0.479. The van der Waals surface area contributed by atoms with Gasteiger partial charge in [-0.1, -0.05) is 12.1 Å². The molecule has 1 aromatic heterocycles. The zero-order valence-corrected chi connectivity index (χ0v) is 22.6. The fourth-order valence-electron chi connectivity index (χ4n) is 4.39. The van der Waals surface area contributed by atoms with Gasteiger partial charge in [-0.25, -0.2) is 8.42 Å². The van der Waals surface area contributed by atoms with E-state index < -0.39 is 15.9 Å². The van der Waals surface area contributed by atoms with Gasteiger partial charge < -0.3 is 19.7 Å². The number of hydrogen-bond acceptors (Lipinski definition) is 7. The minimum atomic E-state index is -4.00. The summed E-state index contributed by atoms with van der Waals surface area (Å²) in [5.74, 6) is 0.390. The second-order valence-corrected chi connectivity index (χ2v) is 10.7. The third-order valence-corrected chi connectivity index (χ3v) is 8.51. The SMILES string of the molecule is CCn1cc(C(=O)Nc2ccc(OC)c(OC)c2)c(S(=O)(=O)N2CCN(c3cccc(C)c3C)CC2)n1. The number of carbonyl (C=O) groups excluding carboxylic acids is 1. The van der Waals surface area contributed by atoms with Crippen molar-refractivity contribution in [2.24, 2.45) is 0 Å². The summed E-state index contributed by atoms with van der Waals surface area (Å²) in [7, 11) is -0.976. The molecule has 1 aliphatic heterocycles. The fourth-order valence-corrected chi connectivity index (χ4v) is 5.91. The summed E-state index contributed by atoms with van der Waals surface area (Å²) in [6, 6.07) is 11.1. The molecular formula is C26H33N5O5S. The number of methoxy groups -OCH3 is 2. The van der Waals surface area contributed by atoms with Crippen LogP contribution in [0.25, 0.3) is 0 Å². The van der Waals surface area contributed by atoms with Crippen molar-refractivity contribution in [2.45, 2.75) is 32.3 Å².